The van der Waals surface area contributed by atoms with E-state index in [-0.39, 0.29) is 10.6 Å². The number of rotatable bonds is 2. The molecule has 1 heterocycles. The van der Waals surface area contributed by atoms with E-state index >= 15 is 0 Å². The fourth-order valence-corrected chi connectivity index (χ4v) is 3.16. The first-order chi connectivity index (χ1) is 9.16. The van der Waals surface area contributed by atoms with E-state index in [4.69, 9.17) is 11.6 Å². The summed E-state index contributed by atoms with van der Waals surface area (Å²) in [5.41, 5.74) is 1.52. The zero-order valence-corrected chi connectivity index (χ0v) is 11.2. The Balaban J connectivity index is 2.27. The molecule has 0 aliphatic heterocycles. The molecule has 19 heavy (non-hydrogen) atoms. The van der Waals surface area contributed by atoms with Gasteiger partial charge in [0.05, 0.1) is 20.8 Å². The molecule has 5 heteroatoms. The van der Waals surface area contributed by atoms with Crippen LogP contribution in [-0.4, -0.2) is 16.1 Å². The van der Waals surface area contributed by atoms with Crippen molar-refractivity contribution >= 4 is 39.1 Å². The van der Waals surface area contributed by atoms with E-state index in [2.05, 4.69) is 4.98 Å². The molecule has 0 saturated carbocycles. The summed E-state index contributed by atoms with van der Waals surface area (Å²) in [5.74, 6) is -1.04. The number of hydrogen-bond acceptors (Lipinski definition) is 3. The van der Waals surface area contributed by atoms with Crippen molar-refractivity contribution < 1.29 is 9.90 Å². The Hall–Kier alpha value is -1.91. The standard InChI is InChI=1S/C14H8ClNO2S/c15-9-5-3-4-8(12(9)14(17)18)13-16-10-6-1-2-7-11(10)19-13/h1-7H,(H,17,18). The topological polar surface area (TPSA) is 50.2 Å². The van der Waals surface area contributed by atoms with Crippen LogP contribution < -0.4 is 0 Å². The summed E-state index contributed by atoms with van der Waals surface area (Å²) in [6.07, 6.45) is 0. The van der Waals surface area contributed by atoms with Crippen LogP contribution in [0.3, 0.4) is 0 Å². The summed E-state index contributed by atoms with van der Waals surface area (Å²) in [6, 6.07) is 12.7. The second kappa shape index (κ2) is 4.64. The molecule has 0 atom stereocenters. The summed E-state index contributed by atoms with van der Waals surface area (Å²) in [7, 11) is 0. The highest BCUT2D eigenvalue weighted by atomic mass is 35.5. The number of carboxylic acid groups (broad SMARTS) is 1. The van der Waals surface area contributed by atoms with Crippen LogP contribution >= 0.6 is 22.9 Å². The molecule has 0 fully saturated rings. The molecule has 3 rings (SSSR count). The van der Waals surface area contributed by atoms with Crippen LogP contribution in [-0.2, 0) is 0 Å². The first-order valence-electron chi connectivity index (χ1n) is 5.54. The normalized spacial score (nSPS) is 10.8. The van der Waals surface area contributed by atoms with Gasteiger partial charge in [0.2, 0.25) is 0 Å². The number of aromatic nitrogens is 1. The molecule has 0 saturated heterocycles. The number of carbonyl (C=O) groups is 1. The predicted molar refractivity (Wildman–Crippen MR) is 77.0 cm³/mol. The third-order valence-corrected chi connectivity index (χ3v) is 4.14. The third kappa shape index (κ3) is 2.09. The summed E-state index contributed by atoms with van der Waals surface area (Å²) in [4.78, 5) is 15.8. The summed E-state index contributed by atoms with van der Waals surface area (Å²) in [5, 5.41) is 10.2. The van der Waals surface area contributed by atoms with Crippen molar-refractivity contribution in [2.45, 2.75) is 0 Å². The lowest BCUT2D eigenvalue weighted by Crippen LogP contribution is -2.00. The largest absolute Gasteiger partial charge is 0.478 e. The number of hydrogen-bond donors (Lipinski definition) is 1. The molecule has 0 spiro atoms. The van der Waals surface area contributed by atoms with Gasteiger partial charge in [0.25, 0.3) is 0 Å². The quantitative estimate of drug-likeness (QED) is 0.764. The number of halogens is 1. The number of fused-ring (bicyclic) bond motifs is 1. The smallest absolute Gasteiger partial charge is 0.337 e. The Kier molecular flexibility index (Phi) is 2.97. The molecular formula is C14H8ClNO2S. The summed E-state index contributed by atoms with van der Waals surface area (Å²) >= 11 is 7.43. The molecule has 0 amide bonds. The molecule has 3 aromatic rings. The zero-order chi connectivity index (χ0) is 13.4. The number of thiazole rings is 1. The van der Waals surface area contributed by atoms with Gasteiger partial charge in [-0.25, -0.2) is 9.78 Å². The van der Waals surface area contributed by atoms with Gasteiger partial charge in [-0.05, 0) is 18.2 Å². The molecule has 94 valence electrons. The average molecular weight is 290 g/mol. The second-order valence-corrected chi connectivity index (χ2v) is 5.39. The van der Waals surface area contributed by atoms with Crippen LogP contribution in [0.15, 0.2) is 42.5 Å². The minimum absolute atomic E-state index is 0.100. The van der Waals surface area contributed by atoms with Gasteiger partial charge < -0.3 is 5.11 Å². The van der Waals surface area contributed by atoms with Crippen molar-refractivity contribution in [2.75, 3.05) is 0 Å². The van der Waals surface area contributed by atoms with Gasteiger partial charge in [-0.2, -0.15) is 0 Å². The van der Waals surface area contributed by atoms with E-state index in [0.29, 0.717) is 10.6 Å². The first-order valence-corrected chi connectivity index (χ1v) is 6.74. The molecule has 0 radical (unpaired) electrons. The van der Waals surface area contributed by atoms with Crippen LogP contribution in [0.1, 0.15) is 10.4 Å². The Morgan fingerprint density at radius 2 is 1.95 bits per heavy atom. The lowest BCUT2D eigenvalue weighted by atomic mass is 10.1. The van der Waals surface area contributed by atoms with Gasteiger partial charge in [-0.3, -0.25) is 0 Å². The molecule has 2 aromatic carbocycles. The lowest BCUT2D eigenvalue weighted by Gasteiger charge is -2.04. The molecule has 1 N–H and O–H groups in total. The second-order valence-electron chi connectivity index (χ2n) is 3.95. The van der Waals surface area contributed by atoms with Crippen molar-refractivity contribution in [2.24, 2.45) is 0 Å². The Labute approximate surface area is 118 Å². The van der Waals surface area contributed by atoms with E-state index in [1.807, 2.05) is 24.3 Å². The molecule has 3 nitrogen and oxygen atoms in total. The van der Waals surface area contributed by atoms with Crippen molar-refractivity contribution in [3.8, 4) is 10.6 Å². The van der Waals surface area contributed by atoms with Gasteiger partial charge in [0, 0.05) is 5.56 Å². The summed E-state index contributed by atoms with van der Waals surface area (Å²) in [6.45, 7) is 0. The maximum Gasteiger partial charge on any atom is 0.337 e. The van der Waals surface area contributed by atoms with E-state index in [1.54, 1.807) is 18.2 Å². The predicted octanol–water partition coefficient (Wildman–Crippen LogP) is 4.31. The van der Waals surface area contributed by atoms with E-state index in [1.165, 1.54) is 11.3 Å². The number of nitrogens with zero attached hydrogens (tertiary/aromatic N) is 1. The number of carboxylic acids is 1. The highest BCUT2D eigenvalue weighted by Gasteiger charge is 2.18. The van der Waals surface area contributed by atoms with E-state index in [9.17, 15) is 9.90 Å². The van der Waals surface area contributed by atoms with Crippen LogP contribution in [0.25, 0.3) is 20.8 Å². The molecule has 0 aliphatic rings. The highest BCUT2D eigenvalue weighted by molar-refractivity contribution is 7.21. The number of para-hydroxylation sites is 1. The van der Waals surface area contributed by atoms with Crippen LogP contribution in [0, 0.1) is 0 Å². The molecule has 1 aromatic heterocycles. The van der Waals surface area contributed by atoms with Crippen LogP contribution in [0.5, 0.6) is 0 Å². The van der Waals surface area contributed by atoms with Crippen molar-refractivity contribution in [3.05, 3.63) is 53.1 Å². The molecule has 0 bridgehead atoms. The molecular weight excluding hydrogens is 282 g/mol. The SMILES string of the molecule is O=C(O)c1c(Cl)cccc1-c1nc2ccccc2s1. The van der Waals surface area contributed by atoms with E-state index in [0.717, 1.165) is 10.2 Å². The maximum absolute atomic E-state index is 11.3. The minimum Gasteiger partial charge on any atom is -0.478 e. The Bertz CT molecular complexity index is 749. The van der Waals surface area contributed by atoms with Crippen molar-refractivity contribution in [1.29, 1.82) is 0 Å². The monoisotopic (exact) mass is 289 g/mol. The highest BCUT2D eigenvalue weighted by Crippen LogP contribution is 2.34. The maximum atomic E-state index is 11.3. The van der Waals surface area contributed by atoms with Crippen LogP contribution in [0.2, 0.25) is 5.02 Å². The Morgan fingerprint density at radius 3 is 2.68 bits per heavy atom. The number of benzene rings is 2. The molecule has 0 unspecified atom stereocenters. The number of aromatic carboxylic acids is 1. The third-order valence-electron chi connectivity index (χ3n) is 2.75. The summed E-state index contributed by atoms with van der Waals surface area (Å²) < 4.78 is 1.02. The van der Waals surface area contributed by atoms with Gasteiger partial charge in [0.15, 0.2) is 0 Å². The fourth-order valence-electron chi connectivity index (χ4n) is 1.91. The van der Waals surface area contributed by atoms with Gasteiger partial charge in [-0.15, -0.1) is 11.3 Å². The lowest BCUT2D eigenvalue weighted by molar-refractivity contribution is 0.0698. The van der Waals surface area contributed by atoms with Gasteiger partial charge >= 0.3 is 5.97 Å². The van der Waals surface area contributed by atoms with Crippen molar-refractivity contribution in [3.63, 3.8) is 0 Å². The van der Waals surface area contributed by atoms with Crippen molar-refractivity contribution in [1.82, 2.24) is 4.98 Å². The zero-order valence-electron chi connectivity index (χ0n) is 9.63. The Morgan fingerprint density at radius 1 is 1.16 bits per heavy atom. The van der Waals surface area contributed by atoms with Gasteiger partial charge in [0.1, 0.15) is 5.01 Å². The fraction of sp³-hybridized carbons (Fsp3) is 0. The van der Waals surface area contributed by atoms with Crippen LogP contribution in [0.4, 0.5) is 0 Å². The minimum atomic E-state index is -1.04. The van der Waals surface area contributed by atoms with E-state index < -0.39 is 5.97 Å². The average Bonchev–Trinajstić information content (AvgIpc) is 2.81. The molecule has 0 aliphatic carbocycles. The first kappa shape index (κ1) is 12.1. The van der Waals surface area contributed by atoms with Gasteiger partial charge in [-0.1, -0.05) is 35.9 Å².